The molecule has 1 aromatic heterocycles. The van der Waals surface area contributed by atoms with Gasteiger partial charge in [0.05, 0.1) is 17.8 Å². The highest BCUT2D eigenvalue weighted by Crippen LogP contribution is 2.27. The predicted octanol–water partition coefficient (Wildman–Crippen LogP) is 3.17. The maximum atomic E-state index is 12.8. The van der Waals surface area contributed by atoms with Crippen LogP contribution < -0.4 is 10.2 Å². The Hall–Kier alpha value is -3.59. The number of aromatic amines is 1. The van der Waals surface area contributed by atoms with Crippen molar-refractivity contribution in [2.45, 2.75) is 12.5 Å². The number of benzene rings is 2. The number of nitrogens with one attached hydrogen (secondary N) is 2. The molecule has 6 heteroatoms. The number of H-pyrrole nitrogens is 1. The molecule has 0 radical (unpaired) electrons. The fraction of sp³-hybridized carbons (Fsp3) is 0.150. The second-order valence-electron chi connectivity index (χ2n) is 6.20. The van der Waals surface area contributed by atoms with Crippen LogP contribution in [0, 0.1) is 11.3 Å². The van der Waals surface area contributed by atoms with Gasteiger partial charge < -0.3 is 10.2 Å². The summed E-state index contributed by atoms with van der Waals surface area (Å²) in [5.74, 6) is 0.0448. The molecule has 0 bridgehead atoms. The largest absolute Gasteiger partial charge is 0.374 e. The van der Waals surface area contributed by atoms with Crippen molar-refractivity contribution in [2.24, 2.45) is 0 Å². The van der Waals surface area contributed by atoms with Crippen LogP contribution in [-0.2, 0) is 4.79 Å². The van der Waals surface area contributed by atoms with E-state index in [4.69, 9.17) is 5.26 Å². The Morgan fingerprint density at radius 3 is 2.77 bits per heavy atom. The van der Waals surface area contributed by atoms with Gasteiger partial charge in [-0.3, -0.25) is 9.89 Å². The van der Waals surface area contributed by atoms with Crippen LogP contribution in [0.5, 0.6) is 0 Å². The van der Waals surface area contributed by atoms with Crippen LogP contribution in [0.3, 0.4) is 0 Å². The van der Waals surface area contributed by atoms with Crippen LogP contribution in [-0.4, -0.2) is 28.7 Å². The van der Waals surface area contributed by atoms with E-state index < -0.39 is 0 Å². The summed E-state index contributed by atoms with van der Waals surface area (Å²) < 4.78 is 0. The van der Waals surface area contributed by atoms with Gasteiger partial charge >= 0.3 is 0 Å². The Morgan fingerprint density at radius 2 is 2.04 bits per heavy atom. The van der Waals surface area contributed by atoms with Gasteiger partial charge in [0.2, 0.25) is 5.91 Å². The van der Waals surface area contributed by atoms with Crippen molar-refractivity contribution >= 4 is 17.3 Å². The number of anilines is 2. The molecule has 0 unspecified atom stereocenters. The number of nitriles is 1. The molecule has 128 valence electrons. The van der Waals surface area contributed by atoms with E-state index in [2.05, 4.69) is 21.6 Å². The molecule has 4 rings (SSSR count). The van der Waals surface area contributed by atoms with Crippen molar-refractivity contribution in [1.82, 2.24) is 10.2 Å². The van der Waals surface area contributed by atoms with Crippen molar-refractivity contribution in [1.29, 1.82) is 5.26 Å². The first-order valence-corrected chi connectivity index (χ1v) is 8.42. The van der Waals surface area contributed by atoms with Crippen LogP contribution in [0.25, 0.3) is 11.1 Å². The summed E-state index contributed by atoms with van der Waals surface area (Å²) in [7, 11) is 0. The molecule has 0 aliphatic carbocycles. The zero-order valence-corrected chi connectivity index (χ0v) is 14.0. The lowest BCUT2D eigenvalue weighted by molar-refractivity contribution is -0.117. The Kier molecular flexibility index (Phi) is 4.12. The molecular formula is C20H17N5O. The van der Waals surface area contributed by atoms with Crippen molar-refractivity contribution in [2.75, 3.05) is 16.8 Å². The van der Waals surface area contributed by atoms with Crippen molar-refractivity contribution in [3.63, 3.8) is 0 Å². The van der Waals surface area contributed by atoms with E-state index in [1.54, 1.807) is 23.2 Å². The van der Waals surface area contributed by atoms with E-state index in [1.807, 2.05) is 42.6 Å². The second-order valence-corrected chi connectivity index (χ2v) is 6.20. The lowest BCUT2D eigenvalue weighted by Gasteiger charge is -2.18. The van der Waals surface area contributed by atoms with E-state index in [0.717, 1.165) is 28.9 Å². The van der Waals surface area contributed by atoms with E-state index >= 15 is 0 Å². The first kappa shape index (κ1) is 15.9. The maximum absolute atomic E-state index is 12.8. The molecule has 1 fully saturated rings. The maximum Gasteiger partial charge on any atom is 0.249 e. The van der Waals surface area contributed by atoms with Crippen molar-refractivity contribution in [3.8, 4) is 17.2 Å². The Labute approximate surface area is 151 Å². The molecular weight excluding hydrogens is 326 g/mol. The van der Waals surface area contributed by atoms with Gasteiger partial charge in [0.15, 0.2) is 0 Å². The summed E-state index contributed by atoms with van der Waals surface area (Å²) in [6, 6.07) is 16.9. The zero-order valence-electron chi connectivity index (χ0n) is 14.0. The summed E-state index contributed by atoms with van der Waals surface area (Å²) in [5, 5.41) is 19.0. The van der Waals surface area contributed by atoms with Gasteiger partial charge in [0.1, 0.15) is 6.04 Å². The minimum Gasteiger partial charge on any atom is -0.374 e. The fourth-order valence-corrected chi connectivity index (χ4v) is 3.19. The van der Waals surface area contributed by atoms with Crippen molar-refractivity contribution in [3.05, 3.63) is 66.5 Å². The smallest absolute Gasteiger partial charge is 0.249 e. The van der Waals surface area contributed by atoms with Gasteiger partial charge in [-0.05, 0) is 42.3 Å². The number of carbonyl (C=O) groups is 1. The summed E-state index contributed by atoms with van der Waals surface area (Å²) in [5.41, 5.74) is 4.32. The first-order chi connectivity index (χ1) is 12.7. The number of hydrogen-bond donors (Lipinski definition) is 2. The fourth-order valence-electron chi connectivity index (χ4n) is 3.19. The molecule has 0 spiro atoms. The molecule has 1 saturated heterocycles. The monoisotopic (exact) mass is 343 g/mol. The topological polar surface area (TPSA) is 84.8 Å². The first-order valence-electron chi connectivity index (χ1n) is 8.42. The van der Waals surface area contributed by atoms with E-state index in [9.17, 15) is 4.79 Å². The van der Waals surface area contributed by atoms with Crippen LogP contribution in [0.2, 0.25) is 0 Å². The average Bonchev–Trinajstić information content (AvgIpc) is 3.33. The number of amides is 1. The van der Waals surface area contributed by atoms with Gasteiger partial charge in [-0.15, -0.1) is 0 Å². The number of rotatable bonds is 4. The van der Waals surface area contributed by atoms with Crippen LogP contribution in [0.15, 0.2) is 60.9 Å². The van der Waals surface area contributed by atoms with Crippen LogP contribution in [0.1, 0.15) is 12.0 Å². The molecule has 0 saturated carbocycles. The van der Waals surface area contributed by atoms with Crippen LogP contribution in [0.4, 0.5) is 11.4 Å². The lowest BCUT2D eigenvalue weighted by Crippen LogP contribution is -2.33. The van der Waals surface area contributed by atoms with Gasteiger partial charge in [0.25, 0.3) is 0 Å². The van der Waals surface area contributed by atoms with Crippen LogP contribution >= 0.6 is 0 Å². The molecule has 6 nitrogen and oxygen atoms in total. The number of hydrogen-bond acceptors (Lipinski definition) is 4. The molecule has 1 aliphatic rings. The Morgan fingerprint density at radius 1 is 1.19 bits per heavy atom. The lowest BCUT2D eigenvalue weighted by atomic mass is 10.1. The molecule has 2 heterocycles. The molecule has 2 aromatic carbocycles. The third-order valence-electron chi connectivity index (χ3n) is 4.55. The molecule has 26 heavy (non-hydrogen) atoms. The number of aromatic nitrogens is 2. The Bertz CT molecular complexity index is 957. The summed E-state index contributed by atoms with van der Waals surface area (Å²) in [6.45, 7) is 0.666. The summed E-state index contributed by atoms with van der Waals surface area (Å²) in [6.07, 6.45) is 4.33. The highest BCUT2D eigenvalue weighted by molar-refractivity contribution is 6.01. The third kappa shape index (κ3) is 3.03. The quantitative estimate of drug-likeness (QED) is 0.762. The highest BCUT2D eigenvalue weighted by Gasteiger charge is 2.32. The molecule has 1 aliphatic heterocycles. The Balaban J connectivity index is 1.47. The van der Waals surface area contributed by atoms with Gasteiger partial charge in [-0.2, -0.15) is 10.4 Å². The summed E-state index contributed by atoms with van der Waals surface area (Å²) >= 11 is 0. The minimum absolute atomic E-state index is 0.0448. The van der Waals surface area contributed by atoms with E-state index in [1.165, 1.54) is 0 Å². The SMILES string of the molecule is N#Cc1cccc(N[C@@H]2CCN(c3ccc(-c4cn[nH]c4)cc3)C2=O)c1. The highest BCUT2D eigenvalue weighted by atomic mass is 16.2. The normalized spacial score (nSPS) is 16.5. The molecule has 1 amide bonds. The predicted molar refractivity (Wildman–Crippen MR) is 99.6 cm³/mol. The molecule has 2 N–H and O–H groups in total. The second kappa shape index (κ2) is 6.73. The number of carbonyl (C=O) groups excluding carboxylic acids is 1. The van der Waals surface area contributed by atoms with E-state index in [-0.39, 0.29) is 11.9 Å². The molecule has 3 aromatic rings. The van der Waals surface area contributed by atoms with Crippen molar-refractivity contribution < 1.29 is 4.79 Å². The third-order valence-corrected chi connectivity index (χ3v) is 4.55. The average molecular weight is 343 g/mol. The molecule has 1 atom stereocenters. The van der Waals surface area contributed by atoms with Gasteiger partial charge in [-0.1, -0.05) is 18.2 Å². The standard InChI is InChI=1S/C20H17N5O/c21-11-14-2-1-3-17(10-14)24-19-8-9-25(20(19)26)18-6-4-15(5-7-18)16-12-22-23-13-16/h1-7,10,12-13,19,24H,8-9H2,(H,22,23)/t19-/m1/s1. The van der Waals surface area contributed by atoms with Gasteiger partial charge in [-0.25, -0.2) is 0 Å². The zero-order chi connectivity index (χ0) is 17.9. The van der Waals surface area contributed by atoms with E-state index in [0.29, 0.717) is 12.1 Å². The van der Waals surface area contributed by atoms with Gasteiger partial charge in [0, 0.05) is 29.7 Å². The summed E-state index contributed by atoms with van der Waals surface area (Å²) in [4.78, 5) is 14.6. The number of nitrogens with zero attached hydrogens (tertiary/aromatic N) is 3. The minimum atomic E-state index is -0.280.